The van der Waals surface area contributed by atoms with E-state index < -0.39 is 31.2 Å². The van der Waals surface area contributed by atoms with Crippen molar-refractivity contribution in [1.82, 2.24) is 0 Å². The third-order valence-electron chi connectivity index (χ3n) is 2.86. The summed E-state index contributed by atoms with van der Waals surface area (Å²) in [5.41, 5.74) is 2.32. The van der Waals surface area contributed by atoms with E-state index in [2.05, 4.69) is 5.54 Å². The van der Waals surface area contributed by atoms with Gasteiger partial charge in [-0.3, -0.25) is 20.2 Å². The van der Waals surface area contributed by atoms with Gasteiger partial charge in [0.05, 0.1) is 0 Å². The molecule has 0 saturated heterocycles. The van der Waals surface area contributed by atoms with Gasteiger partial charge in [-0.2, -0.15) is 0 Å². The number of rotatable bonds is 12. The number of nitro groups is 2. The molecule has 0 aliphatic rings. The number of nitrogens with zero attached hydrogens (tertiary/aromatic N) is 2. The first-order chi connectivity index (χ1) is 9.96. The van der Waals surface area contributed by atoms with Crippen LogP contribution < -0.4 is 0 Å². The molecule has 0 amide bonds. The molecule has 0 fully saturated rings. The molecule has 120 valence electrons. The Labute approximate surface area is 126 Å². The third kappa shape index (κ3) is 8.39. The van der Waals surface area contributed by atoms with Gasteiger partial charge in [-0.05, 0) is 12.8 Å². The minimum atomic E-state index is -2.54. The summed E-state index contributed by atoms with van der Waals surface area (Å²) >= 11 is 0. The average molecular weight is 318 g/mol. The van der Waals surface area contributed by atoms with Gasteiger partial charge < -0.3 is 8.85 Å². The zero-order chi connectivity index (χ0) is 16.3. The van der Waals surface area contributed by atoms with Crippen molar-refractivity contribution in [2.24, 2.45) is 0 Å². The predicted molar refractivity (Wildman–Crippen MR) is 79.3 cm³/mol. The van der Waals surface area contributed by atoms with Crippen molar-refractivity contribution >= 4 is 9.28 Å². The van der Waals surface area contributed by atoms with Gasteiger partial charge in [-0.15, -0.1) is 6.42 Å². The van der Waals surface area contributed by atoms with E-state index in [0.717, 1.165) is 0 Å². The molecule has 21 heavy (non-hydrogen) atoms. The zero-order valence-electron chi connectivity index (χ0n) is 12.4. The van der Waals surface area contributed by atoms with Crippen LogP contribution in [-0.2, 0) is 8.85 Å². The fourth-order valence-corrected chi connectivity index (χ4v) is 2.79. The van der Waals surface area contributed by atoms with E-state index in [-0.39, 0.29) is 13.2 Å². The molecule has 0 spiro atoms. The Morgan fingerprint density at radius 3 is 1.67 bits per heavy atom. The molecular weight excluding hydrogens is 296 g/mol. The highest BCUT2D eigenvalue weighted by Crippen LogP contribution is 2.05. The molecule has 9 heteroatoms. The topological polar surface area (TPSA) is 105 Å². The standard InChI is InChI=1S/C12H22N2O6Si/c1-4-7-11(13(15)16)9-19-21(6-3)20-10-12(8-5-2)14(17)18/h3,11-12,21H,4-5,7-10H2,1-2H3. The molecule has 0 aromatic heterocycles. The number of hydrogen-bond acceptors (Lipinski definition) is 6. The average Bonchev–Trinajstić information content (AvgIpc) is 2.44. The Bertz CT molecular complexity index is 345. The van der Waals surface area contributed by atoms with E-state index in [1.54, 1.807) is 0 Å². The lowest BCUT2D eigenvalue weighted by Crippen LogP contribution is -2.34. The summed E-state index contributed by atoms with van der Waals surface area (Å²) in [7, 11) is -2.54. The van der Waals surface area contributed by atoms with Crippen LogP contribution in [0, 0.1) is 32.2 Å². The Morgan fingerprint density at radius 2 is 1.43 bits per heavy atom. The first kappa shape index (κ1) is 19.5. The molecule has 0 aliphatic heterocycles. The van der Waals surface area contributed by atoms with Crippen molar-refractivity contribution < 1.29 is 18.7 Å². The van der Waals surface area contributed by atoms with Crippen LogP contribution in [0.1, 0.15) is 39.5 Å². The minimum Gasteiger partial charge on any atom is -0.380 e. The van der Waals surface area contributed by atoms with Crippen LogP contribution in [0.15, 0.2) is 0 Å². The van der Waals surface area contributed by atoms with Crippen molar-refractivity contribution in [1.29, 1.82) is 0 Å². The third-order valence-corrected chi connectivity index (χ3v) is 4.12. The fraction of sp³-hybridized carbons (Fsp3) is 0.833. The molecule has 0 N–H and O–H groups in total. The molecule has 8 nitrogen and oxygen atoms in total. The first-order valence-electron chi connectivity index (χ1n) is 6.92. The summed E-state index contributed by atoms with van der Waals surface area (Å²) in [5.74, 6) is 0. The van der Waals surface area contributed by atoms with Crippen molar-refractivity contribution in [2.45, 2.75) is 51.6 Å². The highest BCUT2D eigenvalue weighted by Gasteiger charge is 2.25. The van der Waals surface area contributed by atoms with Crippen LogP contribution in [0.2, 0.25) is 0 Å². The van der Waals surface area contributed by atoms with Crippen LogP contribution in [0.25, 0.3) is 0 Å². The quantitative estimate of drug-likeness (QED) is 0.232. The second-order valence-electron chi connectivity index (χ2n) is 4.62. The summed E-state index contributed by atoms with van der Waals surface area (Å²) < 4.78 is 10.6. The molecule has 0 heterocycles. The Balaban J connectivity index is 4.30. The van der Waals surface area contributed by atoms with Crippen LogP contribution >= 0.6 is 0 Å². The summed E-state index contributed by atoms with van der Waals surface area (Å²) in [6.07, 6.45) is 7.39. The van der Waals surface area contributed by atoms with Gasteiger partial charge >= 0.3 is 9.28 Å². The van der Waals surface area contributed by atoms with Gasteiger partial charge in [0, 0.05) is 22.7 Å². The lowest BCUT2D eigenvalue weighted by molar-refractivity contribution is -0.527. The molecule has 0 bridgehead atoms. The molecule has 0 rings (SSSR count). The van der Waals surface area contributed by atoms with Crippen LogP contribution in [0.5, 0.6) is 0 Å². The predicted octanol–water partition coefficient (Wildman–Crippen LogP) is 1.30. The lowest BCUT2D eigenvalue weighted by atomic mass is 10.2. The fourth-order valence-electron chi connectivity index (χ4n) is 1.71. The van der Waals surface area contributed by atoms with Gasteiger partial charge in [0.2, 0.25) is 12.1 Å². The van der Waals surface area contributed by atoms with Gasteiger partial charge in [-0.1, -0.05) is 19.4 Å². The van der Waals surface area contributed by atoms with Crippen LogP contribution in [0.4, 0.5) is 0 Å². The molecule has 2 unspecified atom stereocenters. The Morgan fingerprint density at radius 1 is 1.05 bits per heavy atom. The molecule has 0 aliphatic carbocycles. The number of terminal acetylenes is 1. The van der Waals surface area contributed by atoms with Gasteiger partial charge in [0.25, 0.3) is 0 Å². The minimum absolute atomic E-state index is 0.112. The maximum atomic E-state index is 10.8. The molecule has 2 atom stereocenters. The van der Waals surface area contributed by atoms with E-state index in [1.807, 2.05) is 13.8 Å². The van der Waals surface area contributed by atoms with Crippen LogP contribution in [-0.4, -0.2) is 44.4 Å². The summed E-state index contributed by atoms with van der Waals surface area (Å²) in [5, 5.41) is 21.6. The lowest BCUT2D eigenvalue weighted by Gasteiger charge is -2.15. The van der Waals surface area contributed by atoms with Gasteiger partial charge in [0.1, 0.15) is 13.2 Å². The maximum absolute atomic E-state index is 10.8. The second-order valence-corrected chi connectivity index (χ2v) is 6.28. The second kappa shape index (κ2) is 11.2. The molecule has 0 aromatic rings. The summed E-state index contributed by atoms with van der Waals surface area (Å²) in [4.78, 5) is 20.8. The normalized spacial score (nSPS) is 14.9. The highest BCUT2D eigenvalue weighted by atomic mass is 28.3. The molecule has 0 aromatic carbocycles. The van der Waals surface area contributed by atoms with Crippen molar-refractivity contribution in [3.05, 3.63) is 20.2 Å². The van der Waals surface area contributed by atoms with Crippen LogP contribution in [0.3, 0.4) is 0 Å². The van der Waals surface area contributed by atoms with Gasteiger partial charge in [0.15, 0.2) is 0 Å². The zero-order valence-corrected chi connectivity index (χ0v) is 13.6. The maximum Gasteiger partial charge on any atom is 0.407 e. The first-order valence-corrected chi connectivity index (χ1v) is 8.44. The van der Waals surface area contributed by atoms with E-state index in [9.17, 15) is 20.2 Å². The van der Waals surface area contributed by atoms with E-state index in [0.29, 0.717) is 25.7 Å². The van der Waals surface area contributed by atoms with Crippen molar-refractivity contribution in [2.75, 3.05) is 13.2 Å². The smallest absolute Gasteiger partial charge is 0.380 e. The van der Waals surface area contributed by atoms with Crippen molar-refractivity contribution in [3.8, 4) is 12.0 Å². The molecular formula is C12H22N2O6Si. The molecule has 0 radical (unpaired) electrons. The van der Waals surface area contributed by atoms with Crippen molar-refractivity contribution in [3.63, 3.8) is 0 Å². The Hall–Kier alpha value is -1.50. The summed E-state index contributed by atoms with van der Waals surface area (Å²) in [6.45, 7) is 3.46. The SMILES string of the molecule is C#C[SiH](OCC(CCC)[N+](=O)[O-])OCC(CCC)[N+](=O)[O-]. The Kier molecular flexibility index (Phi) is 10.4. The largest absolute Gasteiger partial charge is 0.407 e. The monoisotopic (exact) mass is 318 g/mol. The highest BCUT2D eigenvalue weighted by molar-refractivity contribution is 6.54. The van der Waals surface area contributed by atoms with E-state index in [1.165, 1.54) is 0 Å². The number of hydrogen-bond donors (Lipinski definition) is 0. The molecule has 0 saturated carbocycles. The van der Waals surface area contributed by atoms with E-state index >= 15 is 0 Å². The summed E-state index contributed by atoms with van der Waals surface area (Å²) in [6, 6.07) is -1.63. The van der Waals surface area contributed by atoms with E-state index in [4.69, 9.17) is 15.3 Å². The van der Waals surface area contributed by atoms with Gasteiger partial charge in [-0.25, -0.2) is 0 Å².